The monoisotopic (exact) mass is 395 g/mol. The van der Waals surface area contributed by atoms with Crippen LogP contribution in [0.2, 0.25) is 0 Å². The number of nitrogens with one attached hydrogen (secondary N) is 2. The number of aryl methyl sites for hydroxylation is 2. The fourth-order valence-electron chi connectivity index (χ4n) is 1.73. The fraction of sp³-hybridized carbons (Fsp3) is 0.133. The highest BCUT2D eigenvalue weighted by Gasteiger charge is 2.15. The molecule has 0 radical (unpaired) electrons. The first-order valence-electron chi connectivity index (χ1n) is 6.28. The summed E-state index contributed by atoms with van der Waals surface area (Å²) < 4.78 is 1.07. The van der Waals surface area contributed by atoms with Gasteiger partial charge in [-0.3, -0.25) is 9.59 Å². The standard InChI is InChI=1S/C15H14IN3O2/c1-9-8-11(16)6-7-12(9)18-14(20)15(21)19-13-5-3-4-10(2)17-13/h3-8H,1-2H3,(H,18,20)(H,17,19,21). The van der Waals surface area contributed by atoms with Gasteiger partial charge in [0.1, 0.15) is 5.82 Å². The van der Waals surface area contributed by atoms with Crippen molar-refractivity contribution in [1.29, 1.82) is 0 Å². The number of hydrogen-bond acceptors (Lipinski definition) is 3. The van der Waals surface area contributed by atoms with Crippen LogP contribution in [0.1, 0.15) is 11.3 Å². The largest absolute Gasteiger partial charge is 0.318 e. The van der Waals surface area contributed by atoms with Crippen LogP contribution >= 0.6 is 22.6 Å². The molecule has 0 spiro atoms. The van der Waals surface area contributed by atoms with Gasteiger partial charge in [0.05, 0.1) is 0 Å². The molecule has 0 saturated carbocycles. The van der Waals surface area contributed by atoms with Gasteiger partial charge < -0.3 is 10.6 Å². The Hall–Kier alpha value is -1.96. The first-order valence-corrected chi connectivity index (χ1v) is 7.36. The van der Waals surface area contributed by atoms with Crippen LogP contribution in [-0.2, 0) is 9.59 Å². The van der Waals surface area contributed by atoms with Crippen LogP contribution in [0.3, 0.4) is 0 Å². The number of amides is 2. The highest BCUT2D eigenvalue weighted by molar-refractivity contribution is 14.1. The van der Waals surface area contributed by atoms with Crippen molar-refractivity contribution in [1.82, 2.24) is 4.98 Å². The van der Waals surface area contributed by atoms with Crippen molar-refractivity contribution in [3.8, 4) is 0 Å². The minimum atomic E-state index is -0.744. The molecule has 21 heavy (non-hydrogen) atoms. The van der Waals surface area contributed by atoms with Gasteiger partial charge in [-0.05, 0) is 72.3 Å². The predicted octanol–water partition coefficient (Wildman–Crippen LogP) is 2.88. The van der Waals surface area contributed by atoms with Gasteiger partial charge in [0.2, 0.25) is 0 Å². The molecule has 2 N–H and O–H groups in total. The van der Waals surface area contributed by atoms with Crippen molar-refractivity contribution in [2.75, 3.05) is 10.6 Å². The number of carbonyl (C=O) groups is 2. The normalized spacial score (nSPS) is 10.0. The van der Waals surface area contributed by atoms with Crippen LogP contribution in [0.25, 0.3) is 0 Å². The summed E-state index contributed by atoms with van der Waals surface area (Å²) >= 11 is 2.19. The number of carbonyl (C=O) groups excluding carboxylic acids is 2. The van der Waals surface area contributed by atoms with E-state index in [0.717, 1.165) is 14.8 Å². The van der Waals surface area contributed by atoms with Crippen LogP contribution in [0.5, 0.6) is 0 Å². The van der Waals surface area contributed by atoms with E-state index >= 15 is 0 Å². The summed E-state index contributed by atoms with van der Waals surface area (Å²) in [6, 6.07) is 10.8. The lowest BCUT2D eigenvalue weighted by molar-refractivity contribution is -0.133. The molecule has 2 rings (SSSR count). The Balaban J connectivity index is 2.04. The molecule has 2 aromatic rings. The molecule has 5 nitrogen and oxygen atoms in total. The number of nitrogens with zero attached hydrogens (tertiary/aromatic N) is 1. The van der Waals surface area contributed by atoms with Crippen LogP contribution in [0, 0.1) is 17.4 Å². The van der Waals surface area contributed by atoms with Gasteiger partial charge in [-0.25, -0.2) is 4.98 Å². The average molecular weight is 395 g/mol. The van der Waals surface area contributed by atoms with Gasteiger partial charge in [0, 0.05) is 15.0 Å². The van der Waals surface area contributed by atoms with E-state index in [-0.39, 0.29) is 0 Å². The fourth-order valence-corrected chi connectivity index (χ4v) is 2.38. The van der Waals surface area contributed by atoms with Crippen LogP contribution < -0.4 is 10.6 Å². The van der Waals surface area contributed by atoms with E-state index in [9.17, 15) is 9.59 Å². The molecule has 1 aromatic carbocycles. The maximum Gasteiger partial charge on any atom is 0.315 e. The van der Waals surface area contributed by atoms with Gasteiger partial charge in [-0.2, -0.15) is 0 Å². The SMILES string of the molecule is Cc1cccc(NC(=O)C(=O)Nc2ccc(I)cc2C)n1. The minimum absolute atomic E-state index is 0.356. The quantitative estimate of drug-likeness (QED) is 0.607. The molecule has 0 aliphatic carbocycles. The van der Waals surface area contributed by atoms with Gasteiger partial charge in [-0.15, -0.1) is 0 Å². The number of halogens is 1. The first-order chi connectivity index (χ1) is 9.95. The number of benzene rings is 1. The number of aromatic nitrogens is 1. The lowest BCUT2D eigenvalue weighted by atomic mass is 10.2. The van der Waals surface area contributed by atoms with Gasteiger partial charge in [-0.1, -0.05) is 6.07 Å². The Morgan fingerprint density at radius 2 is 1.76 bits per heavy atom. The molecule has 0 saturated heterocycles. The topological polar surface area (TPSA) is 71.1 Å². The smallest absolute Gasteiger partial charge is 0.315 e. The Morgan fingerprint density at radius 3 is 2.43 bits per heavy atom. The molecule has 0 aliphatic rings. The molecule has 0 fully saturated rings. The lowest BCUT2D eigenvalue weighted by Gasteiger charge is -2.09. The van der Waals surface area contributed by atoms with Gasteiger partial charge in [0.25, 0.3) is 0 Å². The van der Waals surface area contributed by atoms with E-state index in [2.05, 4.69) is 38.2 Å². The van der Waals surface area contributed by atoms with Crippen molar-refractivity contribution in [3.05, 3.63) is 51.2 Å². The Labute approximate surface area is 136 Å². The lowest BCUT2D eigenvalue weighted by Crippen LogP contribution is -2.29. The van der Waals surface area contributed by atoms with Gasteiger partial charge >= 0.3 is 11.8 Å². The molecule has 1 heterocycles. The summed E-state index contributed by atoms with van der Waals surface area (Å²) in [5.41, 5.74) is 2.28. The summed E-state index contributed by atoms with van der Waals surface area (Å²) in [6.45, 7) is 3.68. The highest BCUT2D eigenvalue weighted by Crippen LogP contribution is 2.17. The average Bonchev–Trinajstić information content (AvgIpc) is 2.41. The molecular formula is C15H14IN3O2. The van der Waals surface area contributed by atoms with Crippen LogP contribution in [0.4, 0.5) is 11.5 Å². The van der Waals surface area contributed by atoms with Crippen LogP contribution in [-0.4, -0.2) is 16.8 Å². The summed E-state index contributed by atoms with van der Waals surface area (Å²) in [4.78, 5) is 27.8. The molecule has 0 atom stereocenters. The number of pyridine rings is 1. The van der Waals surface area contributed by atoms with Crippen molar-refractivity contribution in [2.45, 2.75) is 13.8 Å². The van der Waals surface area contributed by atoms with Gasteiger partial charge in [0.15, 0.2) is 0 Å². The molecule has 6 heteroatoms. The van der Waals surface area contributed by atoms with E-state index in [1.54, 1.807) is 18.2 Å². The van der Waals surface area contributed by atoms with Crippen molar-refractivity contribution < 1.29 is 9.59 Å². The van der Waals surface area contributed by atoms with Crippen molar-refractivity contribution >= 4 is 45.9 Å². The maximum atomic E-state index is 11.9. The van der Waals surface area contributed by atoms with E-state index < -0.39 is 11.8 Å². The van der Waals surface area contributed by atoms with Crippen LogP contribution in [0.15, 0.2) is 36.4 Å². The molecule has 2 amide bonds. The molecule has 1 aromatic heterocycles. The van der Waals surface area contributed by atoms with Crippen molar-refractivity contribution in [3.63, 3.8) is 0 Å². The molecule has 108 valence electrons. The number of anilines is 2. The summed E-state index contributed by atoms with van der Waals surface area (Å²) in [5.74, 6) is -1.11. The first kappa shape index (κ1) is 15.4. The zero-order chi connectivity index (χ0) is 15.4. The Morgan fingerprint density at radius 1 is 1.05 bits per heavy atom. The summed E-state index contributed by atoms with van der Waals surface area (Å²) in [6.07, 6.45) is 0. The second kappa shape index (κ2) is 6.66. The minimum Gasteiger partial charge on any atom is -0.318 e. The third kappa shape index (κ3) is 4.25. The number of rotatable bonds is 2. The Bertz CT molecular complexity index is 701. The van der Waals surface area contributed by atoms with E-state index in [1.807, 2.05) is 32.0 Å². The zero-order valence-electron chi connectivity index (χ0n) is 11.6. The van der Waals surface area contributed by atoms with E-state index in [0.29, 0.717) is 11.5 Å². The molecular weight excluding hydrogens is 381 g/mol. The Kier molecular flexibility index (Phi) is 4.89. The number of hydrogen-bond donors (Lipinski definition) is 2. The summed E-state index contributed by atoms with van der Waals surface area (Å²) in [5, 5.41) is 5.06. The van der Waals surface area contributed by atoms with E-state index in [1.165, 1.54) is 0 Å². The molecule has 0 bridgehead atoms. The second-order valence-corrected chi connectivity index (χ2v) is 5.78. The third-order valence-electron chi connectivity index (χ3n) is 2.77. The van der Waals surface area contributed by atoms with Crippen molar-refractivity contribution in [2.24, 2.45) is 0 Å². The molecule has 0 aliphatic heterocycles. The predicted molar refractivity (Wildman–Crippen MR) is 90.1 cm³/mol. The highest BCUT2D eigenvalue weighted by atomic mass is 127. The zero-order valence-corrected chi connectivity index (χ0v) is 13.8. The van der Waals surface area contributed by atoms with E-state index in [4.69, 9.17) is 0 Å². The maximum absolute atomic E-state index is 11.9. The second-order valence-electron chi connectivity index (χ2n) is 4.53. The third-order valence-corrected chi connectivity index (χ3v) is 3.44. The summed E-state index contributed by atoms with van der Waals surface area (Å²) in [7, 11) is 0. The molecule has 0 unspecified atom stereocenters.